The number of aromatic nitrogens is 2. The van der Waals surface area contributed by atoms with Crippen LogP contribution in [-0.4, -0.2) is 28.2 Å². The number of carbonyl (C=O) groups excluding carboxylic acids is 2. The van der Waals surface area contributed by atoms with E-state index in [4.69, 9.17) is 9.26 Å². The molecule has 0 radical (unpaired) electrons. The minimum Gasteiger partial charge on any atom is -0.466 e. The highest BCUT2D eigenvalue weighted by molar-refractivity contribution is 7.98. The monoisotopic (exact) mass is 492 g/mol. The number of anilines is 2. The molecule has 0 saturated heterocycles. The first-order chi connectivity index (χ1) is 16.9. The van der Waals surface area contributed by atoms with Crippen molar-refractivity contribution in [3.8, 4) is 0 Å². The molecule has 4 rings (SSSR count). The van der Waals surface area contributed by atoms with Crippen molar-refractivity contribution in [1.82, 2.24) is 9.56 Å². The molecule has 0 saturated carbocycles. The number of benzene rings is 2. The first kappa shape index (κ1) is 24.1. The number of hydrogen-bond donors (Lipinski definition) is 2. The summed E-state index contributed by atoms with van der Waals surface area (Å²) in [7, 11) is 0. The van der Waals surface area contributed by atoms with Gasteiger partial charge in [0.2, 0.25) is 0 Å². The predicted octanol–water partition coefficient (Wildman–Crippen LogP) is 4.64. The van der Waals surface area contributed by atoms with Crippen molar-refractivity contribution in [2.75, 3.05) is 17.2 Å². The van der Waals surface area contributed by atoms with E-state index >= 15 is 0 Å². The normalized spacial score (nSPS) is 10.8. The molecule has 0 unspecified atom stereocenters. The molecule has 9 nitrogen and oxygen atoms in total. The van der Waals surface area contributed by atoms with Crippen LogP contribution < -0.4 is 16.2 Å². The SMILES string of the molecule is CCOC(=O)Cc1ccc(NC(=O)Nc2ccc(SCc3cc(=O)n4oc(C)cc4n3)cc2)cc1. The summed E-state index contributed by atoms with van der Waals surface area (Å²) < 4.78 is 11.4. The standard InChI is InChI=1S/C25H24N4O5S/c1-3-33-24(31)13-17-4-6-18(7-5-17)27-25(32)28-19-8-10-21(11-9-19)35-15-20-14-23(30)29-22(26-20)12-16(2)34-29/h4-12,14H,3,13,15H2,1-2H3,(H2,27,28,32). The fraction of sp³-hybridized carbons (Fsp3) is 0.200. The molecule has 2 aromatic heterocycles. The lowest BCUT2D eigenvalue weighted by Crippen LogP contribution is -2.19. The number of carbonyl (C=O) groups is 2. The summed E-state index contributed by atoms with van der Waals surface area (Å²) in [6, 6.07) is 17.2. The van der Waals surface area contributed by atoms with Crippen molar-refractivity contribution in [2.24, 2.45) is 0 Å². The molecule has 10 heteroatoms. The third-order valence-electron chi connectivity index (χ3n) is 4.89. The summed E-state index contributed by atoms with van der Waals surface area (Å²) in [5.41, 5.74) is 2.95. The van der Waals surface area contributed by atoms with E-state index in [1.165, 1.54) is 22.4 Å². The quantitative estimate of drug-likeness (QED) is 0.272. The molecular weight excluding hydrogens is 468 g/mol. The zero-order chi connectivity index (χ0) is 24.8. The van der Waals surface area contributed by atoms with Crippen molar-refractivity contribution in [1.29, 1.82) is 0 Å². The minimum atomic E-state index is -0.378. The molecule has 2 amide bonds. The van der Waals surface area contributed by atoms with E-state index in [2.05, 4.69) is 15.6 Å². The molecular formula is C25H24N4O5S. The van der Waals surface area contributed by atoms with E-state index in [1.54, 1.807) is 56.3 Å². The Morgan fingerprint density at radius 2 is 1.69 bits per heavy atom. The second-order valence-electron chi connectivity index (χ2n) is 7.66. The molecule has 0 bridgehead atoms. The van der Waals surface area contributed by atoms with Gasteiger partial charge >= 0.3 is 12.0 Å². The molecule has 4 aromatic rings. The molecule has 35 heavy (non-hydrogen) atoms. The van der Waals surface area contributed by atoms with Gasteiger partial charge in [0.1, 0.15) is 5.76 Å². The van der Waals surface area contributed by atoms with E-state index in [0.29, 0.717) is 40.8 Å². The van der Waals surface area contributed by atoms with Gasteiger partial charge in [0.15, 0.2) is 5.65 Å². The van der Waals surface area contributed by atoms with Crippen molar-refractivity contribution in [3.05, 3.63) is 88.0 Å². The minimum absolute atomic E-state index is 0.190. The summed E-state index contributed by atoms with van der Waals surface area (Å²) in [4.78, 5) is 41.4. The van der Waals surface area contributed by atoms with Crippen LogP contribution in [0.1, 0.15) is 23.9 Å². The maximum Gasteiger partial charge on any atom is 0.323 e. The predicted molar refractivity (Wildman–Crippen MR) is 134 cm³/mol. The highest BCUT2D eigenvalue weighted by Crippen LogP contribution is 2.24. The molecule has 0 aliphatic rings. The fourth-order valence-corrected chi connectivity index (χ4v) is 4.11. The Balaban J connectivity index is 1.28. The van der Waals surface area contributed by atoms with Gasteiger partial charge in [-0.15, -0.1) is 16.3 Å². The van der Waals surface area contributed by atoms with Gasteiger partial charge in [0.05, 0.1) is 18.7 Å². The van der Waals surface area contributed by atoms with Crippen molar-refractivity contribution in [2.45, 2.75) is 30.9 Å². The lowest BCUT2D eigenvalue weighted by Gasteiger charge is -2.09. The highest BCUT2D eigenvalue weighted by Gasteiger charge is 2.08. The summed E-state index contributed by atoms with van der Waals surface area (Å²) in [5.74, 6) is 0.861. The lowest BCUT2D eigenvalue weighted by molar-refractivity contribution is -0.142. The van der Waals surface area contributed by atoms with Crippen LogP contribution in [0.25, 0.3) is 5.65 Å². The third kappa shape index (κ3) is 6.51. The van der Waals surface area contributed by atoms with Crippen LogP contribution in [0, 0.1) is 6.92 Å². The van der Waals surface area contributed by atoms with Gasteiger partial charge in [-0.25, -0.2) is 9.78 Å². The number of fused-ring (bicyclic) bond motifs is 1. The number of ether oxygens (including phenoxy) is 1. The maximum atomic E-state index is 12.3. The van der Waals surface area contributed by atoms with Crippen LogP contribution in [0.4, 0.5) is 16.2 Å². The van der Waals surface area contributed by atoms with Crippen LogP contribution in [0.2, 0.25) is 0 Å². The van der Waals surface area contributed by atoms with Gasteiger partial charge < -0.3 is 19.9 Å². The van der Waals surface area contributed by atoms with Crippen LogP contribution in [0.15, 0.2) is 74.9 Å². The Morgan fingerprint density at radius 1 is 1.03 bits per heavy atom. The number of urea groups is 1. The summed E-state index contributed by atoms with van der Waals surface area (Å²) in [5, 5.41) is 5.54. The largest absolute Gasteiger partial charge is 0.466 e. The average Bonchev–Trinajstić information content (AvgIpc) is 3.21. The second-order valence-corrected chi connectivity index (χ2v) is 8.70. The Morgan fingerprint density at radius 3 is 2.34 bits per heavy atom. The van der Waals surface area contributed by atoms with Gasteiger partial charge in [0, 0.05) is 34.2 Å². The molecule has 0 spiro atoms. The van der Waals surface area contributed by atoms with Crippen LogP contribution in [0.3, 0.4) is 0 Å². The zero-order valence-corrected chi connectivity index (χ0v) is 20.1. The first-order valence-electron chi connectivity index (χ1n) is 10.9. The van der Waals surface area contributed by atoms with Crippen molar-refractivity contribution < 1.29 is 18.8 Å². The fourth-order valence-electron chi connectivity index (χ4n) is 3.32. The van der Waals surface area contributed by atoms with E-state index in [1.807, 2.05) is 12.1 Å². The third-order valence-corrected chi connectivity index (χ3v) is 5.93. The van der Waals surface area contributed by atoms with Crippen LogP contribution in [-0.2, 0) is 21.7 Å². The van der Waals surface area contributed by atoms with Gasteiger partial charge in [-0.05, 0) is 55.8 Å². The summed E-state index contributed by atoms with van der Waals surface area (Å²) in [6.07, 6.45) is 0.190. The molecule has 2 aromatic carbocycles. The Labute approximate surface area is 205 Å². The van der Waals surface area contributed by atoms with Gasteiger partial charge in [-0.3, -0.25) is 9.59 Å². The smallest absolute Gasteiger partial charge is 0.323 e. The Kier molecular flexibility index (Phi) is 7.51. The van der Waals surface area contributed by atoms with Gasteiger partial charge in [0.25, 0.3) is 5.56 Å². The van der Waals surface area contributed by atoms with Crippen LogP contribution >= 0.6 is 11.8 Å². The van der Waals surface area contributed by atoms with Crippen LogP contribution in [0.5, 0.6) is 0 Å². The van der Waals surface area contributed by atoms with Gasteiger partial charge in [-0.2, -0.15) is 0 Å². The molecule has 0 atom stereocenters. The number of aryl methyl sites for hydroxylation is 1. The van der Waals surface area contributed by atoms with Crippen molar-refractivity contribution >= 4 is 40.8 Å². The van der Waals surface area contributed by atoms with E-state index < -0.39 is 0 Å². The molecule has 0 aliphatic heterocycles. The maximum absolute atomic E-state index is 12.3. The number of nitrogens with zero attached hydrogens (tertiary/aromatic N) is 2. The molecule has 0 aliphatic carbocycles. The second kappa shape index (κ2) is 10.9. The first-order valence-corrected chi connectivity index (χ1v) is 11.9. The number of rotatable bonds is 8. The number of esters is 1. The van der Waals surface area contributed by atoms with E-state index in [0.717, 1.165) is 10.5 Å². The Hall–Kier alpha value is -4.05. The molecule has 2 heterocycles. The van der Waals surface area contributed by atoms with Crippen molar-refractivity contribution in [3.63, 3.8) is 0 Å². The molecule has 2 N–H and O–H groups in total. The topological polar surface area (TPSA) is 115 Å². The number of nitrogens with one attached hydrogen (secondary N) is 2. The Bertz CT molecular complexity index is 1390. The number of amides is 2. The number of hydrogen-bond acceptors (Lipinski definition) is 7. The zero-order valence-electron chi connectivity index (χ0n) is 19.2. The molecule has 180 valence electrons. The van der Waals surface area contributed by atoms with E-state index in [-0.39, 0.29) is 24.0 Å². The average molecular weight is 493 g/mol. The number of thioether (sulfide) groups is 1. The molecule has 0 fully saturated rings. The summed E-state index contributed by atoms with van der Waals surface area (Å²) >= 11 is 1.53. The van der Waals surface area contributed by atoms with E-state index in [9.17, 15) is 14.4 Å². The summed E-state index contributed by atoms with van der Waals surface area (Å²) in [6.45, 7) is 3.88. The lowest BCUT2D eigenvalue weighted by atomic mass is 10.1. The highest BCUT2D eigenvalue weighted by atomic mass is 32.2. The van der Waals surface area contributed by atoms with Gasteiger partial charge in [-0.1, -0.05) is 12.1 Å².